The van der Waals surface area contributed by atoms with Gasteiger partial charge in [-0.25, -0.2) is 49.8 Å². The first-order valence-electron chi connectivity index (χ1n) is 22.2. The van der Waals surface area contributed by atoms with Crippen LogP contribution in [0.1, 0.15) is 204 Å². The van der Waals surface area contributed by atoms with Crippen LogP contribution in [-0.4, -0.2) is 54.8 Å². The Labute approximate surface area is 372 Å². The molecule has 0 aliphatic rings. The number of para-hydroxylation sites is 1. The van der Waals surface area contributed by atoms with Gasteiger partial charge in [-0.3, -0.25) is 0 Å². The lowest BCUT2D eigenvalue weighted by atomic mass is 10.0. The average molecular weight is 854 g/mol. The van der Waals surface area contributed by atoms with Gasteiger partial charge in [-0.05, 0) is 53.3 Å². The van der Waals surface area contributed by atoms with Gasteiger partial charge in [0.15, 0.2) is 11.3 Å². The molecule has 7 aromatic heterocycles. The van der Waals surface area contributed by atoms with Gasteiger partial charge in [0.05, 0.1) is 34.6 Å². The standard InChI is InChI=1S/C14H18N2.C13H17N3.C12H16N2S.C11H16N4/c1-9(2)13-11-7-5-6-8-12(11)15-14(16-13)10(3)4;1-8(2)11-10-6-5-7-14-13(10)16-12(15-11)9(3)4;1-7(2)10-9-5-6-15-12(9)14-11(13-10)8(3)4;1-6(2)8-9-11(13-5-12-9)15-10(14-8)7(3)4/h5-10H,1-4H3;5-9H,1-4H3;5-8H,1-4H3;5-7H,1-4H3,(H,12,13,14,15). The van der Waals surface area contributed by atoms with Gasteiger partial charge in [0.25, 0.3) is 0 Å². The van der Waals surface area contributed by atoms with Crippen LogP contribution in [0.5, 0.6) is 0 Å². The number of imidazole rings is 1. The van der Waals surface area contributed by atoms with E-state index >= 15 is 0 Å². The molecule has 11 nitrogen and oxygen atoms in total. The van der Waals surface area contributed by atoms with Gasteiger partial charge in [-0.15, -0.1) is 11.3 Å². The number of benzene rings is 1. The van der Waals surface area contributed by atoms with Gasteiger partial charge in [-0.2, -0.15) is 0 Å². The van der Waals surface area contributed by atoms with E-state index in [1.54, 1.807) is 23.9 Å². The van der Waals surface area contributed by atoms with Crippen LogP contribution in [0.4, 0.5) is 0 Å². The van der Waals surface area contributed by atoms with E-state index in [2.05, 4.69) is 189 Å². The highest BCUT2D eigenvalue weighted by molar-refractivity contribution is 7.16. The Morgan fingerprint density at radius 2 is 0.871 bits per heavy atom. The molecule has 8 rings (SSSR count). The Bertz CT molecular complexity index is 2500. The summed E-state index contributed by atoms with van der Waals surface area (Å²) in [6, 6.07) is 14.4. The predicted octanol–water partition coefficient (Wildman–Crippen LogP) is 13.7. The molecule has 0 radical (unpaired) electrons. The number of aromatic amines is 1. The quantitative estimate of drug-likeness (QED) is 0.157. The maximum absolute atomic E-state index is 4.69. The molecule has 1 N–H and O–H groups in total. The Hall–Kier alpha value is -5.36. The van der Waals surface area contributed by atoms with Gasteiger partial charge in [0.1, 0.15) is 33.6 Å². The van der Waals surface area contributed by atoms with Crippen LogP contribution in [0.25, 0.3) is 43.3 Å². The van der Waals surface area contributed by atoms with Gasteiger partial charge < -0.3 is 4.98 Å². The predicted molar refractivity (Wildman–Crippen MR) is 259 cm³/mol. The molecule has 62 heavy (non-hydrogen) atoms. The molecule has 0 atom stereocenters. The number of H-pyrrole nitrogens is 1. The summed E-state index contributed by atoms with van der Waals surface area (Å²) in [5, 5.41) is 5.57. The normalized spacial score (nSPS) is 11.7. The van der Waals surface area contributed by atoms with Crippen LogP contribution in [0, 0.1) is 0 Å². The van der Waals surface area contributed by atoms with Crippen LogP contribution in [0.2, 0.25) is 0 Å². The summed E-state index contributed by atoms with van der Waals surface area (Å²) in [6.45, 7) is 34.2. The van der Waals surface area contributed by atoms with Crippen molar-refractivity contribution >= 4 is 54.7 Å². The molecular weight excluding hydrogens is 787 g/mol. The second-order valence-electron chi connectivity index (χ2n) is 18.2. The second-order valence-corrected chi connectivity index (χ2v) is 19.1. The van der Waals surface area contributed by atoms with Crippen molar-refractivity contribution in [3.63, 3.8) is 0 Å². The zero-order valence-corrected chi connectivity index (χ0v) is 40.6. The first kappa shape index (κ1) is 47.7. The van der Waals surface area contributed by atoms with Crippen LogP contribution in [0.3, 0.4) is 0 Å². The minimum atomic E-state index is 0.337. The number of nitrogens with one attached hydrogen (secondary N) is 1. The van der Waals surface area contributed by atoms with E-state index in [0.717, 1.165) is 72.9 Å². The van der Waals surface area contributed by atoms with Crippen LogP contribution < -0.4 is 0 Å². The number of fused-ring (bicyclic) bond motifs is 4. The third-order valence-corrected chi connectivity index (χ3v) is 10.9. The van der Waals surface area contributed by atoms with Gasteiger partial charge in [-0.1, -0.05) is 129 Å². The summed E-state index contributed by atoms with van der Waals surface area (Å²) >= 11 is 1.70. The number of hydrogen-bond donors (Lipinski definition) is 1. The molecule has 0 saturated carbocycles. The molecule has 0 bridgehead atoms. The lowest BCUT2D eigenvalue weighted by molar-refractivity contribution is 0.740. The highest BCUT2D eigenvalue weighted by atomic mass is 32.1. The van der Waals surface area contributed by atoms with E-state index < -0.39 is 0 Å². The summed E-state index contributed by atoms with van der Waals surface area (Å²) in [4.78, 5) is 49.4. The van der Waals surface area contributed by atoms with Crippen molar-refractivity contribution in [1.82, 2.24) is 54.8 Å². The molecule has 8 aromatic rings. The average Bonchev–Trinajstić information content (AvgIpc) is 3.92. The van der Waals surface area contributed by atoms with Crippen LogP contribution in [0.15, 0.2) is 60.4 Å². The molecule has 1 aromatic carbocycles. The third kappa shape index (κ3) is 11.6. The number of pyridine rings is 1. The van der Waals surface area contributed by atoms with Gasteiger partial charge >= 0.3 is 0 Å². The molecule has 0 amide bonds. The van der Waals surface area contributed by atoms with Crippen molar-refractivity contribution in [2.75, 3.05) is 0 Å². The molecule has 0 saturated heterocycles. The Morgan fingerprint density at radius 1 is 0.403 bits per heavy atom. The van der Waals surface area contributed by atoms with E-state index in [0.29, 0.717) is 47.3 Å². The summed E-state index contributed by atoms with van der Waals surface area (Å²) in [6.07, 6.45) is 3.46. The number of thiophene rings is 1. The SMILES string of the molecule is CC(C)c1nc(C(C)C)c2[nH]cnc2n1.CC(C)c1nc(C(C)C)c2ccccc2n1.CC(C)c1nc(C(C)C)c2cccnc2n1.CC(C)c1nc(C(C)C)c2ccsc2n1. The van der Waals surface area contributed by atoms with E-state index in [1.807, 2.05) is 24.3 Å². The van der Waals surface area contributed by atoms with Crippen molar-refractivity contribution in [1.29, 1.82) is 0 Å². The Kier molecular flexibility index (Phi) is 16.3. The lowest BCUT2D eigenvalue weighted by Gasteiger charge is -2.12. The molecule has 328 valence electrons. The van der Waals surface area contributed by atoms with Crippen molar-refractivity contribution in [2.24, 2.45) is 0 Å². The molecule has 0 aliphatic carbocycles. The van der Waals surface area contributed by atoms with Crippen molar-refractivity contribution in [3.05, 3.63) is 106 Å². The minimum absolute atomic E-state index is 0.337. The number of aromatic nitrogens is 11. The van der Waals surface area contributed by atoms with E-state index in [1.165, 1.54) is 16.5 Å². The fraction of sp³-hybridized carbons (Fsp3) is 0.480. The zero-order valence-electron chi connectivity index (χ0n) is 39.8. The highest BCUT2D eigenvalue weighted by Crippen LogP contribution is 2.29. The van der Waals surface area contributed by atoms with Crippen LogP contribution in [-0.2, 0) is 0 Å². The topological polar surface area (TPSA) is 145 Å². The van der Waals surface area contributed by atoms with E-state index in [4.69, 9.17) is 0 Å². The van der Waals surface area contributed by atoms with Crippen molar-refractivity contribution < 1.29 is 0 Å². The molecule has 0 unspecified atom stereocenters. The first-order chi connectivity index (χ1) is 29.4. The van der Waals surface area contributed by atoms with Gasteiger partial charge in [0, 0.05) is 46.0 Å². The lowest BCUT2D eigenvalue weighted by Crippen LogP contribution is -2.05. The number of rotatable bonds is 8. The molecule has 0 fully saturated rings. The van der Waals surface area contributed by atoms with Crippen molar-refractivity contribution in [3.8, 4) is 0 Å². The molecule has 12 heteroatoms. The summed E-state index contributed by atoms with van der Waals surface area (Å²) in [5.41, 5.74) is 8.11. The van der Waals surface area contributed by atoms with E-state index in [-0.39, 0.29) is 0 Å². The van der Waals surface area contributed by atoms with Crippen LogP contribution >= 0.6 is 11.3 Å². The smallest absolute Gasteiger partial charge is 0.181 e. The zero-order chi connectivity index (χ0) is 45.4. The summed E-state index contributed by atoms with van der Waals surface area (Å²) in [7, 11) is 0. The van der Waals surface area contributed by atoms with E-state index in [9.17, 15) is 0 Å². The maximum Gasteiger partial charge on any atom is 0.181 e. The Balaban J connectivity index is 0.000000156. The molecule has 7 heterocycles. The summed E-state index contributed by atoms with van der Waals surface area (Å²) < 4.78 is 0. The maximum atomic E-state index is 4.69. The fourth-order valence-corrected chi connectivity index (χ4v) is 7.44. The number of hydrogen-bond acceptors (Lipinski definition) is 11. The largest absolute Gasteiger partial charge is 0.342 e. The number of nitrogens with zero attached hydrogens (tertiary/aromatic N) is 10. The summed E-state index contributed by atoms with van der Waals surface area (Å²) in [5.74, 6) is 6.79. The Morgan fingerprint density at radius 3 is 1.44 bits per heavy atom. The third-order valence-electron chi connectivity index (χ3n) is 10.1. The molecule has 0 spiro atoms. The van der Waals surface area contributed by atoms with Crippen molar-refractivity contribution in [2.45, 2.75) is 158 Å². The minimum Gasteiger partial charge on any atom is -0.342 e. The second kappa shape index (κ2) is 21.1. The highest BCUT2D eigenvalue weighted by Gasteiger charge is 2.17. The van der Waals surface area contributed by atoms with Gasteiger partial charge in [0.2, 0.25) is 0 Å². The molecular formula is C50H67N11S. The monoisotopic (exact) mass is 854 g/mol. The first-order valence-corrected chi connectivity index (χ1v) is 23.1. The molecule has 0 aliphatic heterocycles. The fourth-order valence-electron chi connectivity index (χ4n) is 6.66.